The Hall–Kier alpha value is -0.300. The molecule has 0 heterocycles. The molecule has 1 heteroatoms. The predicted molar refractivity (Wildman–Crippen MR) is 51.5 cm³/mol. The molecular formula is C10H21N. The van der Waals surface area contributed by atoms with Gasteiger partial charge in [0.1, 0.15) is 0 Å². The van der Waals surface area contributed by atoms with Gasteiger partial charge in [0.25, 0.3) is 0 Å². The second kappa shape index (κ2) is 6.41. The average Bonchev–Trinajstić information content (AvgIpc) is 2.00. The van der Waals surface area contributed by atoms with Crippen molar-refractivity contribution in [3.63, 3.8) is 0 Å². The predicted octanol–water partition coefficient (Wildman–Crippen LogP) is 2.72. The summed E-state index contributed by atoms with van der Waals surface area (Å²) in [6, 6.07) is 0. The van der Waals surface area contributed by atoms with Crippen LogP contribution in [-0.4, -0.2) is 6.54 Å². The molecule has 0 aliphatic heterocycles. The standard InChI is InChI=1S/C10H21N/c1-4-9(2)8-10(3)6-5-7-11/h10H,2,4-8,11H2,1,3H3. The maximum atomic E-state index is 5.42. The van der Waals surface area contributed by atoms with Crippen molar-refractivity contribution in [1.29, 1.82) is 0 Å². The van der Waals surface area contributed by atoms with E-state index in [0.29, 0.717) is 0 Å². The van der Waals surface area contributed by atoms with Gasteiger partial charge in [-0.05, 0) is 38.1 Å². The Labute approximate surface area is 70.7 Å². The molecule has 0 bridgehead atoms. The van der Waals surface area contributed by atoms with Crippen molar-refractivity contribution in [2.24, 2.45) is 11.7 Å². The molecule has 0 aromatic carbocycles. The number of nitrogens with two attached hydrogens (primary N) is 1. The fourth-order valence-corrected chi connectivity index (χ4v) is 1.21. The quantitative estimate of drug-likeness (QED) is 0.586. The molecule has 0 amide bonds. The first-order chi connectivity index (χ1) is 5.20. The smallest absolute Gasteiger partial charge is 0.00772 e. The third-order valence-electron chi connectivity index (χ3n) is 2.04. The van der Waals surface area contributed by atoms with Crippen LogP contribution in [0, 0.1) is 5.92 Å². The van der Waals surface area contributed by atoms with Gasteiger partial charge in [0, 0.05) is 0 Å². The van der Waals surface area contributed by atoms with Gasteiger partial charge in [-0.2, -0.15) is 0 Å². The van der Waals surface area contributed by atoms with E-state index in [4.69, 9.17) is 5.73 Å². The van der Waals surface area contributed by atoms with E-state index in [0.717, 1.165) is 25.3 Å². The number of rotatable bonds is 6. The van der Waals surface area contributed by atoms with Gasteiger partial charge < -0.3 is 5.73 Å². The highest BCUT2D eigenvalue weighted by Gasteiger charge is 2.01. The van der Waals surface area contributed by atoms with Crippen LogP contribution in [0.25, 0.3) is 0 Å². The summed E-state index contributed by atoms with van der Waals surface area (Å²) in [4.78, 5) is 0. The topological polar surface area (TPSA) is 26.0 Å². The van der Waals surface area contributed by atoms with Gasteiger partial charge in [0.2, 0.25) is 0 Å². The van der Waals surface area contributed by atoms with E-state index in [9.17, 15) is 0 Å². The van der Waals surface area contributed by atoms with Crippen molar-refractivity contribution in [3.8, 4) is 0 Å². The molecule has 0 aromatic rings. The summed E-state index contributed by atoms with van der Waals surface area (Å²) in [6.45, 7) is 9.25. The molecule has 0 saturated carbocycles. The van der Waals surface area contributed by atoms with Crippen LogP contribution in [-0.2, 0) is 0 Å². The molecule has 0 fully saturated rings. The summed E-state index contributed by atoms with van der Waals surface area (Å²) in [5, 5.41) is 0. The van der Waals surface area contributed by atoms with Crippen molar-refractivity contribution in [2.75, 3.05) is 6.54 Å². The highest BCUT2D eigenvalue weighted by molar-refractivity contribution is 4.93. The molecule has 0 aromatic heterocycles. The van der Waals surface area contributed by atoms with Crippen LogP contribution in [0.4, 0.5) is 0 Å². The van der Waals surface area contributed by atoms with E-state index in [1.165, 1.54) is 18.4 Å². The van der Waals surface area contributed by atoms with Crippen molar-refractivity contribution < 1.29 is 0 Å². The van der Waals surface area contributed by atoms with Gasteiger partial charge in [0.05, 0.1) is 0 Å². The summed E-state index contributed by atoms with van der Waals surface area (Å²) in [7, 11) is 0. The van der Waals surface area contributed by atoms with E-state index >= 15 is 0 Å². The van der Waals surface area contributed by atoms with Gasteiger partial charge in [-0.1, -0.05) is 26.0 Å². The zero-order valence-electron chi connectivity index (χ0n) is 7.90. The third-order valence-corrected chi connectivity index (χ3v) is 2.04. The first-order valence-electron chi connectivity index (χ1n) is 4.57. The van der Waals surface area contributed by atoms with Gasteiger partial charge in [-0.25, -0.2) is 0 Å². The van der Waals surface area contributed by atoms with Crippen LogP contribution in [0.15, 0.2) is 12.2 Å². The Morgan fingerprint density at radius 2 is 2.18 bits per heavy atom. The first kappa shape index (κ1) is 10.7. The molecule has 1 nitrogen and oxygen atoms in total. The summed E-state index contributed by atoms with van der Waals surface area (Å²) in [5.74, 6) is 0.769. The lowest BCUT2D eigenvalue weighted by Crippen LogP contribution is -2.03. The maximum Gasteiger partial charge on any atom is -0.00772 e. The highest BCUT2D eigenvalue weighted by Crippen LogP contribution is 2.16. The second-order valence-corrected chi connectivity index (χ2v) is 3.34. The molecule has 0 radical (unpaired) electrons. The number of allylic oxidation sites excluding steroid dienone is 1. The van der Waals surface area contributed by atoms with E-state index in [1.807, 2.05) is 0 Å². The Morgan fingerprint density at radius 1 is 1.55 bits per heavy atom. The average molecular weight is 155 g/mol. The molecule has 1 unspecified atom stereocenters. The Morgan fingerprint density at radius 3 is 2.64 bits per heavy atom. The summed E-state index contributed by atoms with van der Waals surface area (Å²) in [5.41, 5.74) is 6.79. The van der Waals surface area contributed by atoms with Crippen LogP contribution in [0.2, 0.25) is 0 Å². The monoisotopic (exact) mass is 155 g/mol. The molecule has 0 aliphatic rings. The maximum absolute atomic E-state index is 5.42. The molecule has 0 spiro atoms. The molecule has 1 atom stereocenters. The van der Waals surface area contributed by atoms with Gasteiger partial charge >= 0.3 is 0 Å². The molecule has 0 aliphatic carbocycles. The zero-order valence-corrected chi connectivity index (χ0v) is 7.90. The molecule has 0 rings (SSSR count). The number of hydrogen-bond donors (Lipinski definition) is 1. The second-order valence-electron chi connectivity index (χ2n) is 3.34. The van der Waals surface area contributed by atoms with Crippen LogP contribution >= 0.6 is 0 Å². The Bertz CT molecular complexity index is 107. The summed E-state index contributed by atoms with van der Waals surface area (Å²) in [6.07, 6.45) is 4.69. The van der Waals surface area contributed by atoms with E-state index in [2.05, 4.69) is 20.4 Å². The van der Waals surface area contributed by atoms with Gasteiger partial charge in [0.15, 0.2) is 0 Å². The molecule has 0 saturated heterocycles. The zero-order chi connectivity index (χ0) is 8.69. The van der Waals surface area contributed by atoms with Crippen LogP contribution in [0.1, 0.15) is 39.5 Å². The van der Waals surface area contributed by atoms with E-state index in [1.54, 1.807) is 0 Å². The lowest BCUT2D eigenvalue weighted by molar-refractivity contribution is 0.506. The van der Waals surface area contributed by atoms with Crippen molar-refractivity contribution in [2.45, 2.75) is 39.5 Å². The molecular weight excluding hydrogens is 134 g/mol. The Kier molecular flexibility index (Phi) is 6.24. The normalized spacial score (nSPS) is 13.0. The van der Waals surface area contributed by atoms with E-state index in [-0.39, 0.29) is 0 Å². The van der Waals surface area contributed by atoms with Crippen LogP contribution < -0.4 is 5.73 Å². The van der Waals surface area contributed by atoms with Crippen molar-refractivity contribution >= 4 is 0 Å². The molecule has 2 N–H and O–H groups in total. The van der Waals surface area contributed by atoms with Crippen LogP contribution in [0.5, 0.6) is 0 Å². The minimum atomic E-state index is 0.769. The van der Waals surface area contributed by atoms with Crippen molar-refractivity contribution in [3.05, 3.63) is 12.2 Å². The fourth-order valence-electron chi connectivity index (χ4n) is 1.21. The Balaban J connectivity index is 3.35. The van der Waals surface area contributed by atoms with Crippen molar-refractivity contribution in [1.82, 2.24) is 0 Å². The lowest BCUT2D eigenvalue weighted by Gasteiger charge is -2.10. The lowest BCUT2D eigenvalue weighted by atomic mass is 9.96. The minimum absolute atomic E-state index is 0.769. The SMILES string of the molecule is C=C(CC)CC(C)CCCN. The third kappa shape index (κ3) is 6.11. The minimum Gasteiger partial charge on any atom is -0.330 e. The van der Waals surface area contributed by atoms with Gasteiger partial charge in [-0.15, -0.1) is 0 Å². The van der Waals surface area contributed by atoms with Gasteiger partial charge in [-0.3, -0.25) is 0 Å². The van der Waals surface area contributed by atoms with Crippen LogP contribution in [0.3, 0.4) is 0 Å². The fraction of sp³-hybridized carbons (Fsp3) is 0.800. The highest BCUT2D eigenvalue weighted by atomic mass is 14.5. The number of hydrogen-bond acceptors (Lipinski definition) is 1. The largest absolute Gasteiger partial charge is 0.330 e. The van der Waals surface area contributed by atoms with E-state index < -0.39 is 0 Å². The first-order valence-corrected chi connectivity index (χ1v) is 4.57. The molecule has 11 heavy (non-hydrogen) atoms. The molecule has 66 valence electrons. The summed E-state index contributed by atoms with van der Waals surface area (Å²) < 4.78 is 0. The summed E-state index contributed by atoms with van der Waals surface area (Å²) >= 11 is 0.